The molecule has 0 radical (unpaired) electrons. The Balaban J connectivity index is 2.04. The molecular formula is C8H11F2N. The van der Waals surface area contributed by atoms with Gasteiger partial charge in [-0.05, 0) is 30.7 Å². The molecule has 0 spiro atoms. The second-order valence-corrected chi connectivity index (χ2v) is 4.33. The van der Waals surface area contributed by atoms with Crippen LogP contribution in [0.15, 0.2) is 0 Å². The van der Waals surface area contributed by atoms with E-state index in [1.165, 1.54) is 0 Å². The number of rotatable bonds is 1. The van der Waals surface area contributed by atoms with E-state index in [0.717, 1.165) is 6.42 Å². The molecule has 2 N–H and O–H groups in total. The van der Waals surface area contributed by atoms with Crippen LogP contribution in [-0.4, -0.2) is 12.5 Å². The second kappa shape index (κ2) is 1.35. The first-order valence-electron chi connectivity index (χ1n) is 4.21. The van der Waals surface area contributed by atoms with Crippen molar-refractivity contribution in [2.75, 3.05) is 6.54 Å². The van der Waals surface area contributed by atoms with Crippen LogP contribution in [0.25, 0.3) is 0 Å². The molecule has 4 rings (SSSR count). The molecule has 0 heterocycles. The maximum atomic E-state index is 13.2. The predicted octanol–water partition coefficient (Wildman–Crippen LogP) is 1.24. The fraction of sp³-hybridized carbons (Fsp3) is 1.00. The fourth-order valence-corrected chi connectivity index (χ4v) is 3.64. The van der Waals surface area contributed by atoms with Gasteiger partial charge in [0.15, 0.2) is 0 Å². The van der Waals surface area contributed by atoms with Gasteiger partial charge in [0.05, 0.1) is 0 Å². The zero-order valence-corrected chi connectivity index (χ0v) is 6.19. The van der Waals surface area contributed by atoms with Crippen LogP contribution in [0.3, 0.4) is 0 Å². The summed E-state index contributed by atoms with van der Waals surface area (Å²) in [5, 5.41) is 0. The van der Waals surface area contributed by atoms with Crippen molar-refractivity contribution >= 4 is 0 Å². The Hall–Kier alpha value is -0.180. The number of hydrogen-bond donors (Lipinski definition) is 1. The summed E-state index contributed by atoms with van der Waals surface area (Å²) in [5.41, 5.74) is 5.41. The number of alkyl halides is 2. The van der Waals surface area contributed by atoms with Crippen molar-refractivity contribution in [3.05, 3.63) is 0 Å². The van der Waals surface area contributed by atoms with Gasteiger partial charge in [-0.15, -0.1) is 0 Å². The molecule has 4 aliphatic rings. The lowest BCUT2D eigenvalue weighted by atomic mass is 10.1. The molecule has 0 aromatic carbocycles. The average molecular weight is 159 g/mol. The highest BCUT2D eigenvalue weighted by Crippen LogP contribution is 2.83. The van der Waals surface area contributed by atoms with Crippen LogP contribution in [0.1, 0.15) is 12.8 Å². The smallest absolute Gasteiger partial charge is 0.254 e. The summed E-state index contributed by atoms with van der Waals surface area (Å²) in [6.07, 6.45) is 1.45. The molecule has 0 aromatic heterocycles. The Kier molecular flexibility index (Phi) is 0.777. The van der Waals surface area contributed by atoms with Crippen molar-refractivity contribution in [3.63, 3.8) is 0 Å². The number of hydrogen-bond acceptors (Lipinski definition) is 1. The molecule has 0 amide bonds. The summed E-state index contributed by atoms with van der Waals surface area (Å²) in [5.74, 6) is -2.72. The Labute approximate surface area is 63.9 Å². The molecule has 62 valence electrons. The van der Waals surface area contributed by atoms with Gasteiger partial charge in [0.25, 0.3) is 5.92 Å². The third-order valence-corrected chi connectivity index (χ3v) is 4.15. The van der Waals surface area contributed by atoms with Gasteiger partial charge >= 0.3 is 0 Å². The largest absolute Gasteiger partial charge is 0.330 e. The Morgan fingerprint density at radius 3 is 2.36 bits per heavy atom. The highest BCUT2D eigenvalue weighted by molar-refractivity contribution is 5.29. The van der Waals surface area contributed by atoms with E-state index in [4.69, 9.17) is 5.73 Å². The summed E-state index contributed by atoms with van der Waals surface area (Å²) in [7, 11) is 0. The Morgan fingerprint density at radius 1 is 1.45 bits per heavy atom. The van der Waals surface area contributed by atoms with E-state index in [1.54, 1.807) is 0 Å². The molecule has 4 saturated carbocycles. The van der Waals surface area contributed by atoms with E-state index in [1.807, 2.05) is 0 Å². The maximum Gasteiger partial charge on any atom is 0.254 e. The molecule has 4 aliphatic carbocycles. The first-order valence-corrected chi connectivity index (χ1v) is 4.21. The van der Waals surface area contributed by atoms with E-state index in [0.29, 0.717) is 13.0 Å². The van der Waals surface area contributed by atoms with Gasteiger partial charge in [-0.2, -0.15) is 0 Å². The zero-order chi connectivity index (χ0) is 7.85. The summed E-state index contributed by atoms with van der Waals surface area (Å²) >= 11 is 0. The van der Waals surface area contributed by atoms with Gasteiger partial charge in [0.2, 0.25) is 0 Å². The van der Waals surface area contributed by atoms with Crippen molar-refractivity contribution in [3.8, 4) is 0 Å². The summed E-state index contributed by atoms with van der Waals surface area (Å²) in [6.45, 7) is 0.481. The third kappa shape index (κ3) is 0.420. The first kappa shape index (κ1) is 6.35. The van der Waals surface area contributed by atoms with Crippen molar-refractivity contribution in [1.82, 2.24) is 0 Å². The quantitative estimate of drug-likeness (QED) is 0.612. The van der Waals surface area contributed by atoms with Gasteiger partial charge in [0, 0.05) is 11.8 Å². The zero-order valence-electron chi connectivity index (χ0n) is 6.19. The minimum Gasteiger partial charge on any atom is -0.330 e. The van der Waals surface area contributed by atoms with Gasteiger partial charge in [-0.1, -0.05) is 0 Å². The molecule has 0 saturated heterocycles. The molecule has 4 unspecified atom stereocenters. The second-order valence-electron chi connectivity index (χ2n) is 4.33. The van der Waals surface area contributed by atoms with Crippen LogP contribution < -0.4 is 5.73 Å². The van der Waals surface area contributed by atoms with E-state index in [-0.39, 0.29) is 23.2 Å². The highest BCUT2D eigenvalue weighted by atomic mass is 19.3. The fourth-order valence-electron chi connectivity index (χ4n) is 3.64. The van der Waals surface area contributed by atoms with Gasteiger partial charge in [-0.25, -0.2) is 8.78 Å². The number of nitrogens with two attached hydrogens (primary N) is 1. The topological polar surface area (TPSA) is 26.0 Å². The first-order chi connectivity index (χ1) is 5.13. The monoisotopic (exact) mass is 159 g/mol. The summed E-state index contributed by atoms with van der Waals surface area (Å²) < 4.78 is 26.4. The minimum absolute atomic E-state index is 0.103. The molecule has 0 aliphatic heterocycles. The van der Waals surface area contributed by atoms with Crippen molar-refractivity contribution in [1.29, 1.82) is 0 Å². The highest BCUT2D eigenvalue weighted by Gasteiger charge is 2.85. The van der Waals surface area contributed by atoms with Gasteiger partial charge in [0.1, 0.15) is 0 Å². The van der Waals surface area contributed by atoms with Crippen LogP contribution in [0.2, 0.25) is 0 Å². The van der Waals surface area contributed by atoms with Crippen LogP contribution >= 0.6 is 0 Å². The lowest BCUT2D eigenvalue weighted by Gasteiger charge is -2.12. The van der Waals surface area contributed by atoms with Gasteiger partial charge in [-0.3, -0.25) is 0 Å². The Morgan fingerprint density at radius 2 is 2.18 bits per heavy atom. The lowest BCUT2D eigenvalue weighted by molar-refractivity contribution is -0.0388. The maximum absolute atomic E-state index is 13.2. The van der Waals surface area contributed by atoms with Crippen LogP contribution in [0, 0.1) is 23.2 Å². The van der Waals surface area contributed by atoms with E-state index in [2.05, 4.69) is 0 Å². The predicted molar refractivity (Wildman–Crippen MR) is 36.1 cm³/mol. The van der Waals surface area contributed by atoms with Crippen LogP contribution in [0.5, 0.6) is 0 Å². The van der Waals surface area contributed by atoms with Crippen molar-refractivity contribution < 1.29 is 8.78 Å². The molecule has 0 aromatic rings. The van der Waals surface area contributed by atoms with Crippen molar-refractivity contribution in [2.45, 2.75) is 18.8 Å². The molecule has 1 nitrogen and oxygen atoms in total. The van der Waals surface area contributed by atoms with Crippen LogP contribution in [0.4, 0.5) is 8.78 Å². The standard InChI is InChI=1S/C8H11F2N/c9-8(10)4-1-5-6(8)7(5,2-4)3-11/h4-6H,1-3,11H2. The summed E-state index contributed by atoms with van der Waals surface area (Å²) in [4.78, 5) is 0. The molecule has 4 atom stereocenters. The minimum atomic E-state index is -2.36. The average Bonchev–Trinajstić information content (AvgIpc) is 2.21. The molecule has 4 bridgehead atoms. The molecule has 4 fully saturated rings. The molecular weight excluding hydrogens is 148 g/mol. The van der Waals surface area contributed by atoms with E-state index in [9.17, 15) is 8.78 Å². The SMILES string of the molecule is NCC12CC3CC1C2C3(F)F. The van der Waals surface area contributed by atoms with E-state index < -0.39 is 5.92 Å². The van der Waals surface area contributed by atoms with Gasteiger partial charge < -0.3 is 5.73 Å². The molecule has 3 heteroatoms. The lowest BCUT2D eigenvalue weighted by Crippen LogP contribution is -2.21. The Bertz CT molecular complexity index is 228. The van der Waals surface area contributed by atoms with Crippen molar-refractivity contribution in [2.24, 2.45) is 28.9 Å². The normalized spacial score (nSPS) is 61.9. The summed E-state index contributed by atoms with van der Waals surface area (Å²) in [6, 6.07) is 0. The van der Waals surface area contributed by atoms with Crippen LogP contribution in [-0.2, 0) is 0 Å². The molecule has 11 heavy (non-hydrogen) atoms. The van der Waals surface area contributed by atoms with E-state index >= 15 is 0 Å². The third-order valence-electron chi connectivity index (χ3n) is 4.15. The number of halogens is 2.